The minimum atomic E-state index is 0.160. The minimum absolute atomic E-state index is 0.160. The molecule has 0 aromatic heterocycles. The molecule has 2 atom stereocenters. The fourth-order valence-electron chi connectivity index (χ4n) is 1.20. The lowest BCUT2D eigenvalue weighted by atomic mass is 10.2. The van der Waals surface area contributed by atoms with Crippen LogP contribution in [0.1, 0.15) is 27.7 Å². The van der Waals surface area contributed by atoms with Crippen LogP contribution in [0.3, 0.4) is 0 Å². The molecule has 10 heavy (non-hydrogen) atoms. The van der Waals surface area contributed by atoms with Crippen LogP contribution >= 0.6 is 0 Å². The van der Waals surface area contributed by atoms with Gasteiger partial charge in [-0.2, -0.15) is 0 Å². The number of amides is 1. The molecule has 1 amide bonds. The first kappa shape index (κ1) is 7.58. The van der Waals surface area contributed by atoms with Crippen LogP contribution < -0.4 is 0 Å². The SMILES string of the molecule is CC(C)C(=O)N1C(C)C1C. The van der Waals surface area contributed by atoms with E-state index in [9.17, 15) is 4.79 Å². The summed E-state index contributed by atoms with van der Waals surface area (Å²) in [4.78, 5) is 13.2. The highest BCUT2D eigenvalue weighted by Crippen LogP contribution is 2.28. The first-order valence-corrected chi connectivity index (χ1v) is 3.88. The van der Waals surface area contributed by atoms with Crippen molar-refractivity contribution in [2.45, 2.75) is 39.8 Å². The van der Waals surface area contributed by atoms with Crippen molar-refractivity contribution in [3.63, 3.8) is 0 Å². The molecule has 0 bridgehead atoms. The lowest BCUT2D eigenvalue weighted by Gasteiger charge is -2.05. The molecule has 0 aliphatic carbocycles. The van der Waals surface area contributed by atoms with Gasteiger partial charge in [-0.05, 0) is 13.8 Å². The standard InChI is InChI=1S/C8H15NO/c1-5(2)8(10)9-6(3)7(9)4/h5-7H,1-4H3. The zero-order valence-electron chi connectivity index (χ0n) is 7.09. The van der Waals surface area contributed by atoms with Crippen molar-refractivity contribution in [1.82, 2.24) is 4.90 Å². The van der Waals surface area contributed by atoms with Crippen LogP contribution in [0, 0.1) is 5.92 Å². The molecular weight excluding hydrogens is 126 g/mol. The summed E-state index contributed by atoms with van der Waals surface area (Å²) in [5.41, 5.74) is 0. The molecule has 1 fully saturated rings. The van der Waals surface area contributed by atoms with E-state index in [1.54, 1.807) is 0 Å². The van der Waals surface area contributed by atoms with Crippen LogP contribution in [0.15, 0.2) is 0 Å². The summed E-state index contributed by atoms with van der Waals surface area (Å²) >= 11 is 0. The third kappa shape index (κ3) is 1.02. The van der Waals surface area contributed by atoms with E-state index in [1.165, 1.54) is 0 Å². The first-order valence-electron chi connectivity index (χ1n) is 3.88. The molecule has 0 N–H and O–H groups in total. The second-order valence-corrected chi connectivity index (χ2v) is 3.38. The summed E-state index contributed by atoms with van der Waals surface area (Å²) in [5, 5.41) is 0. The van der Waals surface area contributed by atoms with Crippen molar-refractivity contribution in [2.75, 3.05) is 0 Å². The maximum Gasteiger partial charge on any atom is 0.225 e. The molecule has 58 valence electrons. The average Bonchev–Trinajstić information content (AvgIpc) is 2.40. The van der Waals surface area contributed by atoms with E-state index < -0.39 is 0 Å². The van der Waals surface area contributed by atoms with Crippen LogP contribution in [0.4, 0.5) is 0 Å². The fraction of sp³-hybridized carbons (Fsp3) is 0.875. The van der Waals surface area contributed by atoms with Gasteiger partial charge in [0.25, 0.3) is 0 Å². The number of hydrogen-bond acceptors (Lipinski definition) is 1. The second kappa shape index (κ2) is 2.26. The van der Waals surface area contributed by atoms with E-state index in [1.807, 2.05) is 18.7 Å². The summed E-state index contributed by atoms with van der Waals surface area (Å²) in [6.07, 6.45) is 0. The van der Waals surface area contributed by atoms with E-state index in [0.29, 0.717) is 18.0 Å². The molecule has 0 radical (unpaired) electrons. The molecule has 0 saturated carbocycles. The van der Waals surface area contributed by atoms with Gasteiger partial charge in [-0.3, -0.25) is 4.79 Å². The van der Waals surface area contributed by atoms with Crippen LogP contribution in [-0.2, 0) is 4.79 Å². The van der Waals surface area contributed by atoms with Crippen molar-refractivity contribution in [3.8, 4) is 0 Å². The highest BCUT2D eigenvalue weighted by molar-refractivity contribution is 5.81. The van der Waals surface area contributed by atoms with Gasteiger partial charge in [0.1, 0.15) is 0 Å². The number of carbonyl (C=O) groups excluding carboxylic acids is 1. The van der Waals surface area contributed by atoms with Crippen LogP contribution in [0.2, 0.25) is 0 Å². The van der Waals surface area contributed by atoms with Gasteiger partial charge < -0.3 is 4.90 Å². The molecule has 1 aliphatic rings. The van der Waals surface area contributed by atoms with Gasteiger partial charge >= 0.3 is 0 Å². The lowest BCUT2D eigenvalue weighted by Crippen LogP contribution is -2.19. The Morgan fingerprint density at radius 3 is 1.80 bits per heavy atom. The smallest absolute Gasteiger partial charge is 0.225 e. The van der Waals surface area contributed by atoms with E-state index in [-0.39, 0.29) is 5.92 Å². The van der Waals surface area contributed by atoms with E-state index in [0.717, 1.165) is 0 Å². The van der Waals surface area contributed by atoms with Gasteiger partial charge in [-0.15, -0.1) is 0 Å². The van der Waals surface area contributed by atoms with Gasteiger partial charge in [-0.25, -0.2) is 0 Å². The highest BCUT2D eigenvalue weighted by Gasteiger charge is 2.43. The first-order chi connectivity index (χ1) is 4.55. The third-order valence-corrected chi connectivity index (χ3v) is 2.23. The molecule has 0 aromatic rings. The van der Waals surface area contributed by atoms with Crippen LogP contribution in [0.25, 0.3) is 0 Å². The summed E-state index contributed by atoms with van der Waals surface area (Å²) < 4.78 is 0. The molecule has 0 spiro atoms. The Labute approximate surface area is 62.2 Å². The molecule has 2 nitrogen and oxygen atoms in total. The van der Waals surface area contributed by atoms with Crippen molar-refractivity contribution in [1.29, 1.82) is 0 Å². The van der Waals surface area contributed by atoms with Crippen LogP contribution in [-0.4, -0.2) is 22.9 Å². The Morgan fingerprint density at radius 1 is 1.30 bits per heavy atom. The van der Waals surface area contributed by atoms with Crippen molar-refractivity contribution in [3.05, 3.63) is 0 Å². The summed E-state index contributed by atoms with van der Waals surface area (Å²) in [7, 11) is 0. The summed E-state index contributed by atoms with van der Waals surface area (Å²) in [6.45, 7) is 8.07. The molecule has 1 aliphatic heterocycles. The third-order valence-electron chi connectivity index (χ3n) is 2.23. The molecule has 0 aromatic carbocycles. The van der Waals surface area contributed by atoms with Gasteiger partial charge in [0.05, 0.1) is 0 Å². The van der Waals surface area contributed by atoms with Crippen LogP contribution in [0.5, 0.6) is 0 Å². The van der Waals surface area contributed by atoms with Crippen molar-refractivity contribution < 1.29 is 4.79 Å². The summed E-state index contributed by atoms with van der Waals surface area (Å²) in [6, 6.07) is 0.963. The Morgan fingerprint density at radius 2 is 1.70 bits per heavy atom. The molecule has 2 heteroatoms. The Hall–Kier alpha value is -0.530. The highest BCUT2D eigenvalue weighted by atomic mass is 16.2. The largest absolute Gasteiger partial charge is 0.333 e. The predicted octanol–water partition coefficient (Wildman–Crippen LogP) is 1.26. The van der Waals surface area contributed by atoms with Gasteiger partial charge in [0, 0.05) is 18.0 Å². The Balaban J connectivity index is 2.46. The number of rotatable bonds is 1. The van der Waals surface area contributed by atoms with E-state index in [2.05, 4.69) is 13.8 Å². The molecule has 2 unspecified atom stereocenters. The maximum atomic E-state index is 11.3. The Kier molecular flexibility index (Phi) is 1.71. The topological polar surface area (TPSA) is 20.1 Å². The molecular formula is C8H15NO. The molecule has 1 rings (SSSR count). The zero-order chi connectivity index (χ0) is 7.89. The predicted molar refractivity (Wildman–Crippen MR) is 40.6 cm³/mol. The van der Waals surface area contributed by atoms with Crippen molar-refractivity contribution in [2.24, 2.45) is 5.92 Å². The average molecular weight is 141 g/mol. The second-order valence-electron chi connectivity index (χ2n) is 3.38. The van der Waals surface area contributed by atoms with Gasteiger partial charge in [-0.1, -0.05) is 13.8 Å². The van der Waals surface area contributed by atoms with Gasteiger partial charge in [0.15, 0.2) is 0 Å². The quantitative estimate of drug-likeness (QED) is 0.503. The molecule has 1 saturated heterocycles. The normalized spacial score (nSPS) is 31.1. The minimum Gasteiger partial charge on any atom is -0.333 e. The lowest BCUT2D eigenvalue weighted by molar-refractivity contribution is -0.129. The molecule has 1 heterocycles. The zero-order valence-corrected chi connectivity index (χ0v) is 7.09. The monoisotopic (exact) mass is 141 g/mol. The summed E-state index contributed by atoms with van der Waals surface area (Å²) in [5.74, 6) is 0.451. The fourth-order valence-corrected chi connectivity index (χ4v) is 1.20. The maximum absolute atomic E-state index is 11.3. The number of nitrogens with zero attached hydrogens (tertiary/aromatic N) is 1. The van der Waals surface area contributed by atoms with Crippen molar-refractivity contribution >= 4 is 5.91 Å². The Bertz CT molecular complexity index is 145. The number of hydrogen-bond donors (Lipinski definition) is 0. The number of carbonyl (C=O) groups is 1. The van der Waals surface area contributed by atoms with E-state index >= 15 is 0 Å². The van der Waals surface area contributed by atoms with E-state index in [4.69, 9.17) is 0 Å². The van der Waals surface area contributed by atoms with Gasteiger partial charge in [0.2, 0.25) is 5.91 Å².